The molecule has 2 heteroatoms. The van der Waals surface area contributed by atoms with E-state index >= 15 is 0 Å². The second-order valence-corrected chi connectivity index (χ2v) is 2.91. The van der Waals surface area contributed by atoms with Crippen LogP contribution in [0.2, 0.25) is 0 Å². The van der Waals surface area contributed by atoms with E-state index in [4.69, 9.17) is 0 Å². The van der Waals surface area contributed by atoms with Crippen LogP contribution in [0.25, 0.3) is 6.08 Å². The van der Waals surface area contributed by atoms with Crippen molar-refractivity contribution >= 4 is 6.08 Å². The molecule has 0 spiro atoms. The Morgan fingerprint density at radius 1 is 1.36 bits per heavy atom. The second-order valence-electron chi connectivity index (χ2n) is 2.91. The van der Waals surface area contributed by atoms with Crippen LogP contribution in [-0.2, 0) is 0 Å². The molecule has 1 heterocycles. The van der Waals surface area contributed by atoms with Crippen LogP contribution in [0.1, 0.15) is 6.92 Å². The number of nitrogens with zero attached hydrogens (tertiary/aromatic N) is 1. The highest BCUT2D eigenvalue weighted by atomic mass is 16.3. The van der Waals surface area contributed by atoms with Crippen LogP contribution in [0.5, 0.6) is 0 Å². The van der Waals surface area contributed by atoms with Gasteiger partial charge in [0, 0.05) is 5.22 Å². The molecule has 0 saturated heterocycles. The lowest BCUT2D eigenvalue weighted by molar-refractivity contribution is 0.138. The van der Waals surface area contributed by atoms with Crippen molar-refractivity contribution in [3.8, 4) is 0 Å². The van der Waals surface area contributed by atoms with Gasteiger partial charge in [0.15, 0.2) is 5.72 Å². The number of para-hydroxylation sites is 1. The van der Waals surface area contributed by atoms with Crippen LogP contribution in [-0.4, -0.2) is 10.8 Å². The van der Waals surface area contributed by atoms with Gasteiger partial charge >= 0.3 is 0 Å². The lowest BCUT2D eigenvalue weighted by Crippen LogP contribution is -2.19. The minimum atomic E-state index is -0.996. The van der Waals surface area contributed by atoms with Crippen LogP contribution in [0.4, 0.5) is 0 Å². The van der Waals surface area contributed by atoms with E-state index in [0.717, 1.165) is 10.6 Å². The quantitative estimate of drug-likeness (QED) is 0.542. The van der Waals surface area contributed by atoms with Gasteiger partial charge in [0.1, 0.15) is 0 Å². The fourth-order valence-electron chi connectivity index (χ4n) is 1.28. The van der Waals surface area contributed by atoms with Crippen LogP contribution in [0, 0.1) is 0 Å². The molecule has 0 aromatic heterocycles. The van der Waals surface area contributed by atoms with Crippen molar-refractivity contribution in [3.05, 3.63) is 34.8 Å². The van der Waals surface area contributed by atoms with Crippen molar-refractivity contribution in [3.63, 3.8) is 0 Å². The van der Waals surface area contributed by atoms with E-state index < -0.39 is 5.72 Å². The molecule has 1 aliphatic heterocycles. The summed E-state index contributed by atoms with van der Waals surface area (Å²) in [4.78, 5) is 4.08. The lowest BCUT2D eigenvalue weighted by atomic mass is 10.2. The molecule has 1 unspecified atom stereocenters. The van der Waals surface area contributed by atoms with Crippen LogP contribution >= 0.6 is 0 Å². The average molecular weight is 147 g/mol. The summed E-state index contributed by atoms with van der Waals surface area (Å²) < 4.78 is 0. The summed E-state index contributed by atoms with van der Waals surface area (Å²) in [5.41, 5.74) is -0.996. The number of hydrogen-bond donors (Lipinski definition) is 1. The maximum Gasteiger partial charge on any atom is 0.173 e. The first-order valence-corrected chi connectivity index (χ1v) is 3.58. The topological polar surface area (TPSA) is 32.6 Å². The first kappa shape index (κ1) is 6.55. The minimum absolute atomic E-state index is 0.873. The maximum atomic E-state index is 9.49. The van der Waals surface area contributed by atoms with Crippen molar-refractivity contribution in [2.24, 2.45) is 4.99 Å². The fraction of sp³-hybridized carbons (Fsp3) is 0.222. The number of hydrogen-bond acceptors (Lipinski definition) is 2. The molecule has 2 rings (SSSR count). The van der Waals surface area contributed by atoms with Gasteiger partial charge in [0.05, 0.1) is 5.36 Å². The van der Waals surface area contributed by atoms with E-state index in [1.165, 1.54) is 0 Å². The molecule has 1 aromatic rings. The lowest BCUT2D eigenvalue weighted by Gasteiger charge is -2.06. The Morgan fingerprint density at radius 2 is 2.09 bits per heavy atom. The molecule has 1 aromatic carbocycles. The SMILES string of the molecule is CC1(O)C=c2ccccc2=N1. The normalized spacial score (nSPS) is 27.1. The third kappa shape index (κ3) is 1.05. The largest absolute Gasteiger partial charge is 0.366 e. The van der Waals surface area contributed by atoms with Crippen molar-refractivity contribution in [2.45, 2.75) is 12.6 Å². The molecule has 0 saturated carbocycles. The third-order valence-electron chi connectivity index (χ3n) is 1.71. The van der Waals surface area contributed by atoms with E-state index in [2.05, 4.69) is 4.99 Å². The van der Waals surface area contributed by atoms with Gasteiger partial charge in [-0.3, -0.25) is 0 Å². The van der Waals surface area contributed by atoms with Crippen LogP contribution in [0.3, 0.4) is 0 Å². The van der Waals surface area contributed by atoms with Crippen molar-refractivity contribution in [2.75, 3.05) is 0 Å². The number of fused-ring (bicyclic) bond motifs is 1. The minimum Gasteiger partial charge on any atom is -0.366 e. The van der Waals surface area contributed by atoms with Crippen LogP contribution < -0.4 is 10.6 Å². The zero-order valence-electron chi connectivity index (χ0n) is 6.28. The molecule has 0 fully saturated rings. The zero-order valence-corrected chi connectivity index (χ0v) is 6.28. The summed E-state index contributed by atoms with van der Waals surface area (Å²) in [6.07, 6.45) is 1.75. The Morgan fingerprint density at radius 3 is 2.82 bits per heavy atom. The molecule has 11 heavy (non-hydrogen) atoms. The first-order chi connectivity index (χ1) is 5.17. The highest BCUT2D eigenvalue weighted by molar-refractivity contribution is 5.36. The van der Waals surface area contributed by atoms with Crippen molar-refractivity contribution in [1.82, 2.24) is 0 Å². The van der Waals surface area contributed by atoms with Gasteiger partial charge in [-0.15, -0.1) is 0 Å². The van der Waals surface area contributed by atoms with Gasteiger partial charge in [0.25, 0.3) is 0 Å². The molecule has 56 valence electrons. The van der Waals surface area contributed by atoms with E-state index in [0.29, 0.717) is 0 Å². The predicted molar refractivity (Wildman–Crippen MR) is 42.3 cm³/mol. The Balaban J connectivity index is 2.81. The van der Waals surface area contributed by atoms with E-state index in [-0.39, 0.29) is 0 Å². The molecule has 0 radical (unpaired) electrons. The van der Waals surface area contributed by atoms with Crippen LogP contribution in [0.15, 0.2) is 29.3 Å². The highest BCUT2D eigenvalue weighted by Gasteiger charge is 2.17. The first-order valence-electron chi connectivity index (χ1n) is 3.58. The summed E-state index contributed by atoms with van der Waals surface area (Å²) in [6.45, 7) is 1.67. The fourth-order valence-corrected chi connectivity index (χ4v) is 1.28. The summed E-state index contributed by atoms with van der Waals surface area (Å²) in [5, 5.41) is 11.4. The predicted octanol–water partition coefficient (Wildman–Crippen LogP) is -0.191. The van der Waals surface area contributed by atoms with Crippen molar-refractivity contribution in [1.29, 1.82) is 0 Å². The molecule has 1 aliphatic rings. The smallest absolute Gasteiger partial charge is 0.173 e. The van der Waals surface area contributed by atoms with E-state index in [1.807, 2.05) is 24.3 Å². The monoisotopic (exact) mass is 147 g/mol. The van der Waals surface area contributed by atoms with E-state index in [1.54, 1.807) is 13.0 Å². The molecule has 0 aliphatic carbocycles. The Bertz CT molecular complexity index is 355. The number of rotatable bonds is 0. The van der Waals surface area contributed by atoms with E-state index in [9.17, 15) is 5.11 Å². The maximum absolute atomic E-state index is 9.49. The second kappa shape index (κ2) is 1.92. The number of aliphatic hydroxyl groups is 1. The van der Waals surface area contributed by atoms with Gasteiger partial charge in [-0.05, 0) is 19.1 Å². The Kier molecular flexibility index (Phi) is 1.14. The standard InChI is InChI=1S/C9H9NO/c1-9(11)6-7-4-2-3-5-8(7)10-9/h2-6,11H,1H3. The molecule has 0 bridgehead atoms. The molecule has 1 N–H and O–H groups in total. The van der Waals surface area contributed by atoms with Gasteiger partial charge in [0.2, 0.25) is 0 Å². The molecule has 1 atom stereocenters. The molecular weight excluding hydrogens is 138 g/mol. The Labute approximate surface area is 64.5 Å². The Hall–Kier alpha value is -1.15. The third-order valence-corrected chi connectivity index (χ3v) is 1.71. The summed E-state index contributed by atoms with van der Waals surface area (Å²) >= 11 is 0. The summed E-state index contributed by atoms with van der Waals surface area (Å²) in [5.74, 6) is 0. The van der Waals surface area contributed by atoms with Gasteiger partial charge in [-0.2, -0.15) is 0 Å². The number of benzene rings is 1. The van der Waals surface area contributed by atoms with Gasteiger partial charge in [-0.25, -0.2) is 4.99 Å². The zero-order chi connectivity index (χ0) is 7.90. The molecule has 2 nitrogen and oxygen atoms in total. The van der Waals surface area contributed by atoms with Gasteiger partial charge < -0.3 is 5.11 Å². The molecular formula is C9H9NO. The molecule has 0 amide bonds. The van der Waals surface area contributed by atoms with Crippen molar-refractivity contribution < 1.29 is 5.11 Å². The highest BCUT2D eigenvalue weighted by Crippen LogP contribution is 2.07. The summed E-state index contributed by atoms with van der Waals surface area (Å²) in [6, 6.07) is 7.69. The summed E-state index contributed by atoms with van der Waals surface area (Å²) in [7, 11) is 0. The average Bonchev–Trinajstić information content (AvgIpc) is 2.21. The van der Waals surface area contributed by atoms with Gasteiger partial charge in [-0.1, -0.05) is 18.2 Å².